The molecule has 4 aromatic rings. The largest absolute Gasteiger partial charge is 0.416 e. The number of imidazole rings is 1. The fraction of sp³-hybridized carbons (Fsp3) is 0.639. The lowest BCUT2D eigenvalue weighted by Gasteiger charge is -2.31. The molecule has 274 valence electrons. The van der Waals surface area contributed by atoms with Gasteiger partial charge in [0, 0.05) is 45.8 Å². The van der Waals surface area contributed by atoms with Crippen molar-refractivity contribution in [3.63, 3.8) is 0 Å². The van der Waals surface area contributed by atoms with Gasteiger partial charge in [0.25, 0.3) is 0 Å². The molecule has 10 nitrogen and oxygen atoms in total. The summed E-state index contributed by atoms with van der Waals surface area (Å²) in [5.74, 6) is 0.778. The number of halogens is 3. The number of unbranched alkanes of at least 4 members (excludes halogenated alkanes) is 1. The number of anilines is 1. The van der Waals surface area contributed by atoms with E-state index >= 15 is 0 Å². The number of alkyl halides is 3. The minimum absolute atomic E-state index is 0.0476. The highest BCUT2D eigenvalue weighted by Crippen LogP contribution is 2.48. The van der Waals surface area contributed by atoms with Crippen molar-refractivity contribution in [2.75, 3.05) is 25.4 Å². The fourth-order valence-corrected chi connectivity index (χ4v) is 8.21. The number of hydrogen-bond acceptors (Lipinski definition) is 8. The number of nitrogens with zero attached hydrogens (tertiary/aromatic N) is 6. The molecule has 4 atom stereocenters. The van der Waals surface area contributed by atoms with Crippen LogP contribution in [0.25, 0.3) is 22.1 Å². The first kappa shape index (κ1) is 36.7. The van der Waals surface area contributed by atoms with Gasteiger partial charge < -0.3 is 34.0 Å². The van der Waals surface area contributed by atoms with Crippen molar-refractivity contribution in [1.29, 1.82) is 0 Å². The van der Waals surface area contributed by atoms with Gasteiger partial charge in [-0.05, 0) is 83.8 Å². The van der Waals surface area contributed by atoms with E-state index < -0.39 is 25.6 Å². The summed E-state index contributed by atoms with van der Waals surface area (Å²) in [6.07, 6.45) is 2.22. The Morgan fingerprint density at radius 1 is 1.10 bits per heavy atom. The molecule has 2 fully saturated rings. The number of nitrogens with two attached hydrogens (primary N) is 1. The SMILES string of the molecule is CC(C)N(CCCCc1nc2cc(C(F)(F)F)ccc2n1COCC[Si](C)(C)C)C[C@H]1C[C@@H](n2ccc3c(N)ncnc32)[C@@H]2OC(C)(C)O[C@H]12. The van der Waals surface area contributed by atoms with Crippen LogP contribution in [0.5, 0.6) is 0 Å². The number of aromatic nitrogens is 5. The molecule has 0 unspecified atom stereocenters. The summed E-state index contributed by atoms with van der Waals surface area (Å²) in [7, 11) is -1.29. The third kappa shape index (κ3) is 8.04. The topological polar surface area (TPSA) is 105 Å². The van der Waals surface area contributed by atoms with Gasteiger partial charge in [-0.3, -0.25) is 0 Å². The Morgan fingerprint density at radius 3 is 2.58 bits per heavy atom. The molecular weight excluding hydrogens is 664 g/mol. The van der Waals surface area contributed by atoms with Crippen molar-refractivity contribution in [3.05, 3.63) is 48.2 Å². The average molecular weight is 716 g/mol. The van der Waals surface area contributed by atoms with Gasteiger partial charge in [0.1, 0.15) is 36.5 Å². The molecule has 2 aliphatic rings. The summed E-state index contributed by atoms with van der Waals surface area (Å²) in [6, 6.07) is 7.15. The van der Waals surface area contributed by atoms with E-state index in [1.54, 1.807) is 0 Å². The van der Waals surface area contributed by atoms with Crippen LogP contribution in [0.3, 0.4) is 0 Å². The molecule has 4 heterocycles. The van der Waals surface area contributed by atoms with Crippen LogP contribution in [0.1, 0.15) is 64.4 Å². The molecule has 1 aromatic carbocycles. The molecule has 0 bridgehead atoms. The maximum absolute atomic E-state index is 13.5. The molecule has 1 saturated carbocycles. The van der Waals surface area contributed by atoms with Gasteiger partial charge in [0.05, 0.1) is 34.1 Å². The molecule has 50 heavy (non-hydrogen) atoms. The Hall–Kier alpha value is -3.04. The molecule has 0 radical (unpaired) electrons. The van der Waals surface area contributed by atoms with Gasteiger partial charge >= 0.3 is 6.18 Å². The van der Waals surface area contributed by atoms with E-state index in [0.717, 1.165) is 67.4 Å². The van der Waals surface area contributed by atoms with Crippen molar-refractivity contribution < 1.29 is 27.4 Å². The van der Waals surface area contributed by atoms with Gasteiger partial charge in [-0.25, -0.2) is 15.0 Å². The first-order valence-corrected chi connectivity index (χ1v) is 21.5. The number of ether oxygens (including phenoxy) is 3. The molecule has 1 saturated heterocycles. The Labute approximate surface area is 293 Å². The first-order chi connectivity index (χ1) is 23.5. The third-order valence-corrected chi connectivity index (χ3v) is 11.8. The number of benzene rings is 1. The maximum atomic E-state index is 13.5. The summed E-state index contributed by atoms with van der Waals surface area (Å²) < 4.78 is 63.7. The highest BCUT2D eigenvalue weighted by atomic mass is 28.3. The number of aryl methyl sites for hydroxylation is 1. The Bertz CT molecular complexity index is 1780. The van der Waals surface area contributed by atoms with Crippen molar-refractivity contribution in [2.45, 2.75) is 122 Å². The van der Waals surface area contributed by atoms with Crippen molar-refractivity contribution in [3.8, 4) is 0 Å². The van der Waals surface area contributed by atoms with Crippen LogP contribution in [0.2, 0.25) is 25.7 Å². The Morgan fingerprint density at radius 2 is 1.86 bits per heavy atom. The van der Waals surface area contributed by atoms with E-state index in [4.69, 9.17) is 19.9 Å². The summed E-state index contributed by atoms with van der Waals surface area (Å²) in [5.41, 5.74) is 7.29. The van der Waals surface area contributed by atoms with E-state index in [1.807, 2.05) is 30.7 Å². The molecule has 14 heteroatoms. The fourth-order valence-electron chi connectivity index (χ4n) is 7.45. The van der Waals surface area contributed by atoms with Crippen molar-refractivity contribution in [2.24, 2.45) is 5.92 Å². The molecule has 0 amide bonds. The standard InChI is InChI=1S/C36H52F3N7O3Si/c1-23(2)44(20-24-18-29(32-31(24)48-35(3,4)49-32)45-15-13-26-33(40)41-21-42-34(26)45)14-9-8-10-30-43-27-19-25(36(37,38)39)11-12-28(27)46(30)22-47-16-17-50(5,6)7/h11-13,15,19,21,23-24,29,31-32H,8-10,14,16-18,20,22H2,1-7H3,(H2,40,41,42)/t24-,29-,31-,32+/m1/s1. The Balaban J connectivity index is 1.13. The summed E-state index contributed by atoms with van der Waals surface area (Å²) >= 11 is 0. The minimum Gasteiger partial charge on any atom is -0.383 e. The van der Waals surface area contributed by atoms with Crippen LogP contribution in [0.4, 0.5) is 19.0 Å². The molecule has 2 N–H and O–H groups in total. The van der Waals surface area contributed by atoms with Gasteiger partial charge in [-0.2, -0.15) is 13.2 Å². The lowest BCUT2D eigenvalue weighted by molar-refractivity contribution is -0.161. The smallest absolute Gasteiger partial charge is 0.383 e. The number of rotatable bonds is 14. The molecule has 1 aliphatic heterocycles. The molecule has 1 aliphatic carbocycles. The van der Waals surface area contributed by atoms with E-state index in [1.165, 1.54) is 12.4 Å². The zero-order chi connectivity index (χ0) is 36.0. The lowest BCUT2D eigenvalue weighted by Crippen LogP contribution is -2.39. The monoisotopic (exact) mass is 715 g/mol. The summed E-state index contributed by atoms with van der Waals surface area (Å²) in [6.45, 7) is 17.9. The zero-order valence-corrected chi connectivity index (χ0v) is 31.3. The van der Waals surface area contributed by atoms with Gasteiger partial charge in [-0.15, -0.1) is 0 Å². The highest BCUT2D eigenvalue weighted by Gasteiger charge is 2.55. The van der Waals surface area contributed by atoms with Crippen LogP contribution >= 0.6 is 0 Å². The first-order valence-electron chi connectivity index (χ1n) is 17.8. The lowest BCUT2D eigenvalue weighted by atomic mass is 10.0. The average Bonchev–Trinajstić information content (AvgIpc) is 3.76. The van der Waals surface area contributed by atoms with Crippen LogP contribution < -0.4 is 5.73 Å². The zero-order valence-electron chi connectivity index (χ0n) is 30.3. The van der Waals surface area contributed by atoms with E-state index in [0.29, 0.717) is 35.9 Å². The Kier molecular flexibility index (Phi) is 10.4. The second-order valence-corrected chi connectivity index (χ2v) is 21.5. The minimum atomic E-state index is -4.42. The van der Waals surface area contributed by atoms with E-state index in [-0.39, 0.29) is 30.9 Å². The van der Waals surface area contributed by atoms with E-state index in [9.17, 15) is 13.2 Å². The van der Waals surface area contributed by atoms with Gasteiger partial charge in [0.2, 0.25) is 0 Å². The third-order valence-electron chi connectivity index (χ3n) is 10.1. The molecule has 0 spiro atoms. The van der Waals surface area contributed by atoms with Crippen LogP contribution in [-0.2, 0) is 33.5 Å². The van der Waals surface area contributed by atoms with Crippen molar-refractivity contribution in [1.82, 2.24) is 29.0 Å². The van der Waals surface area contributed by atoms with Crippen LogP contribution in [0.15, 0.2) is 36.8 Å². The maximum Gasteiger partial charge on any atom is 0.416 e. The number of fused-ring (bicyclic) bond motifs is 3. The predicted octanol–water partition coefficient (Wildman–Crippen LogP) is 7.51. The van der Waals surface area contributed by atoms with Gasteiger partial charge in [0.15, 0.2) is 5.79 Å². The van der Waals surface area contributed by atoms with Crippen molar-refractivity contribution >= 4 is 36.0 Å². The quantitative estimate of drug-likeness (QED) is 0.106. The van der Waals surface area contributed by atoms with E-state index in [2.05, 4.69) is 57.9 Å². The van der Waals surface area contributed by atoms with Crippen LogP contribution in [0, 0.1) is 5.92 Å². The normalized spacial score (nSPS) is 22.5. The number of hydrogen-bond donors (Lipinski definition) is 1. The number of nitrogen functional groups attached to an aromatic ring is 1. The molecule has 3 aromatic heterocycles. The van der Waals surface area contributed by atoms with Crippen LogP contribution in [-0.4, -0.2) is 80.8 Å². The predicted molar refractivity (Wildman–Crippen MR) is 191 cm³/mol. The van der Waals surface area contributed by atoms with Gasteiger partial charge in [-0.1, -0.05) is 19.6 Å². The summed E-state index contributed by atoms with van der Waals surface area (Å²) in [4.78, 5) is 15.9. The second kappa shape index (κ2) is 14.2. The second-order valence-electron chi connectivity index (χ2n) is 15.9. The molecular formula is C36H52F3N7O3Si. The highest BCUT2D eigenvalue weighted by molar-refractivity contribution is 6.76. The summed E-state index contributed by atoms with van der Waals surface area (Å²) in [5, 5.41) is 0.835. The molecule has 6 rings (SSSR count).